The number of hydrogen-bond acceptors (Lipinski definition) is 2. The van der Waals surface area contributed by atoms with Crippen molar-refractivity contribution in [3.8, 4) is 6.07 Å². The number of nitrogens with zero attached hydrogens (tertiary/aromatic N) is 1. The first-order valence-electron chi connectivity index (χ1n) is 5.47. The quantitative estimate of drug-likeness (QED) is 0.713. The highest BCUT2D eigenvalue weighted by Gasteiger charge is 2.55. The minimum Gasteiger partial charge on any atom is -0.349 e. The van der Waals surface area contributed by atoms with Crippen molar-refractivity contribution in [3.63, 3.8) is 0 Å². The van der Waals surface area contributed by atoms with Crippen molar-refractivity contribution in [2.75, 3.05) is 0 Å². The van der Waals surface area contributed by atoms with Gasteiger partial charge >= 0.3 is 0 Å². The normalized spacial score (nSPS) is 35.1. The Labute approximate surface area is 94.1 Å². The van der Waals surface area contributed by atoms with Crippen molar-refractivity contribution in [3.05, 3.63) is 35.4 Å². The second-order valence-electron chi connectivity index (χ2n) is 4.88. The lowest BCUT2D eigenvalue weighted by atomic mass is 9.54. The summed E-state index contributed by atoms with van der Waals surface area (Å²) in [4.78, 5) is 11.8. The van der Waals surface area contributed by atoms with Crippen LogP contribution in [0.4, 0.5) is 0 Å². The van der Waals surface area contributed by atoms with Crippen LogP contribution in [0.5, 0.6) is 0 Å². The molecule has 0 aromatic heterocycles. The Hall–Kier alpha value is -1.82. The summed E-state index contributed by atoms with van der Waals surface area (Å²) >= 11 is 0. The molecule has 3 nitrogen and oxygen atoms in total. The van der Waals surface area contributed by atoms with Crippen LogP contribution in [0.15, 0.2) is 24.3 Å². The molecule has 16 heavy (non-hydrogen) atoms. The van der Waals surface area contributed by atoms with Crippen molar-refractivity contribution in [1.82, 2.24) is 5.32 Å². The summed E-state index contributed by atoms with van der Waals surface area (Å²) in [5.74, 6) is 0.156. The van der Waals surface area contributed by atoms with Crippen molar-refractivity contribution in [2.24, 2.45) is 5.41 Å². The number of benzene rings is 1. The molecule has 1 saturated carbocycles. The lowest BCUT2D eigenvalue weighted by molar-refractivity contribution is 0.0711. The van der Waals surface area contributed by atoms with Crippen molar-refractivity contribution < 1.29 is 4.79 Å². The summed E-state index contributed by atoms with van der Waals surface area (Å²) in [5.41, 5.74) is 1.44. The molecule has 1 aliphatic carbocycles. The zero-order valence-corrected chi connectivity index (χ0v) is 9.03. The van der Waals surface area contributed by atoms with Crippen LogP contribution in [0.1, 0.15) is 35.2 Å². The van der Waals surface area contributed by atoms with Crippen molar-refractivity contribution in [1.29, 1.82) is 5.26 Å². The first kappa shape index (κ1) is 9.41. The topological polar surface area (TPSA) is 52.9 Å². The first-order chi connectivity index (χ1) is 7.65. The molecule has 0 spiro atoms. The molecule has 80 valence electrons. The predicted octanol–water partition coefficient (Wildman–Crippen LogP) is 1.82. The standard InChI is InChI=1S/C13H12N2O/c1-13(7-14)6-10-11(13)8-4-2-3-5-9(8)12(16)15-10/h2-5,10-11H,6H2,1H3,(H,15,16)/t10-,11-,13+/m0/s1. The molecule has 0 radical (unpaired) electrons. The van der Waals surface area contributed by atoms with Gasteiger partial charge in [0, 0.05) is 17.5 Å². The summed E-state index contributed by atoms with van der Waals surface area (Å²) in [6, 6.07) is 10.1. The molecule has 2 aliphatic rings. The van der Waals surface area contributed by atoms with Gasteiger partial charge in [0.1, 0.15) is 0 Å². The molecule has 3 heteroatoms. The van der Waals surface area contributed by atoms with E-state index < -0.39 is 0 Å². The lowest BCUT2D eigenvalue weighted by Crippen LogP contribution is -2.59. The molecule has 0 saturated heterocycles. The van der Waals surface area contributed by atoms with Gasteiger partial charge in [0.2, 0.25) is 0 Å². The summed E-state index contributed by atoms with van der Waals surface area (Å²) < 4.78 is 0. The van der Waals surface area contributed by atoms with Gasteiger partial charge in [0.05, 0.1) is 11.5 Å². The minimum atomic E-state index is -0.325. The third-order valence-electron chi connectivity index (χ3n) is 3.85. The van der Waals surface area contributed by atoms with Gasteiger partial charge in [-0.05, 0) is 25.0 Å². The molecule has 1 aromatic carbocycles. The van der Waals surface area contributed by atoms with E-state index in [0.29, 0.717) is 0 Å². The van der Waals surface area contributed by atoms with Crippen molar-refractivity contribution in [2.45, 2.75) is 25.3 Å². The van der Waals surface area contributed by atoms with Crippen LogP contribution in [0.2, 0.25) is 0 Å². The van der Waals surface area contributed by atoms with Gasteiger partial charge in [0.25, 0.3) is 5.91 Å². The Morgan fingerprint density at radius 3 is 3.00 bits per heavy atom. The van der Waals surface area contributed by atoms with Crippen LogP contribution in [0.3, 0.4) is 0 Å². The smallest absolute Gasteiger partial charge is 0.251 e. The van der Waals surface area contributed by atoms with E-state index in [9.17, 15) is 10.1 Å². The third-order valence-corrected chi connectivity index (χ3v) is 3.85. The van der Waals surface area contributed by atoms with E-state index in [1.165, 1.54) is 0 Å². The number of nitriles is 1. The monoisotopic (exact) mass is 212 g/mol. The molecular weight excluding hydrogens is 200 g/mol. The largest absolute Gasteiger partial charge is 0.349 e. The number of rotatable bonds is 0. The Morgan fingerprint density at radius 2 is 2.25 bits per heavy atom. The fourth-order valence-corrected chi connectivity index (χ4v) is 3.02. The van der Waals surface area contributed by atoms with E-state index in [-0.39, 0.29) is 23.3 Å². The average molecular weight is 212 g/mol. The summed E-state index contributed by atoms with van der Waals surface area (Å²) in [6.07, 6.45) is 0.758. The number of amides is 1. The molecule has 0 bridgehead atoms. The Balaban J connectivity index is 2.14. The predicted molar refractivity (Wildman–Crippen MR) is 58.8 cm³/mol. The molecule has 1 N–H and O–H groups in total. The maximum absolute atomic E-state index is 11.8. The first-order valence-corrected chi connectivity index (χ1v) is 5.47. The molecule has 1 aliphatic heterocycles. The van der Waals surface area contributed by atoms with Gasteiger partial charge in [-0.2, -0.15) is 5.26 Å². The second-order valence-corrected chi connectivity index (χ2v) is 4.88. The van der Waals surface area contributed by atoms with Gasteiger partial charge in [0.15, 0.2) is 0 Å². The Bertz CT molecular complexity index is 517. The second kappa shape index (κ2) is 2.85. The molecule has 1 fully saturated rings. The molecule has 3 rings (SSSR count). The zero-order chi connectivity index (χ0) is 11.3. The molecule has 0 unspecified atom stereocenters. The zero-order valence-electron chi connectivity index (χ0n) is 9.03. The Morgan fingerprint density at radius 1 is 1.50 bits per heavy atom. The molecule has 1 amide bonds. The fraction of sp³-hybridized carbons (Fsp3) is 0.385. The number of hydrogen-bond donors (Lipinski definition) is 1. The SMILES string of the molecule is C[C@]1(C#N)C[C@@H]2NC(=O)c3ccccc3[C@@H]21. The van der Waals surface area contributed by atoms with Gasteiger partial charge < -0.3 is 5.32 Å². The van der Waals surface area contributed by atoms with Crippen LogP contribution in [-0.4, -0.2) is 11.9 Å². The van der Waals surface area contributed by atoms with E-state index in [0.717, 1.165) is 17.5 Å². The summed E-state index contributed by atoms with van der Waals surface area (Å²) in [7, 11) is 0. The maximum Gasteiger partial charge on any atom is 0.251 e. The van der Waals surface area contributed by atoms with E-state index in [4.69, 9.17) is 0 Å². The molecule has 1 heterocycles. The number of carbonyl (C=O) groups excluding carboxylic acids is 1. The van der Waals surface area contributed by atoms with Crippen LogP contribution in [0, 0.1) is 16.7 Å². The van der Waals surface area contributed by atoms with Crippen LogP contribution in [0.25, 0.3) is 0 Å². The average Bonchev–Trinajstić information content (AvgIpc) is 2.27. The van der Waals surface area contributed by atoms with Gasteiger partial charge in [-0.15, -0.1) is 0 Å². The van der Waals surface area contributed by atoms with Gasteiger partial charge in [-0.1, -0.05) is 18.2 Å². The van der Waals surface area contributed by atoms with E-state index in [1.807, 2.05) is 31.2 Å². The highest BCUT2D eigenvalue weighted by Crippen LogP contribution is 2.54. The number of nitrogens with one attached hydrogen (secondary N) is 1. The van der Waals surface area contributed by atoms with E-state index >= 15 is 0 Å². The number of carbonyl (C=O) groups is 1. The molecule has 1 aromatic rings. The van der Waals surface area contributed by atoms with E-state index in [1.54, 1.807) is 0 Å². The molecule has 3 atom stereocenters. The third kappa shape index (κ3) is 0.992. The summed E-state index contributed by atoms with van der Waals surface area (Å²) in [5, 5.41) is 12.2. The van der Waals surface area contributed by atoms with Crippen molar-refractivity contribution >= 4 is 5.91 Å². The Kier molecular flexibility index (Phi) is 1.68. The van der Waals surface area contributed by atoms with Gasteiger partial charge in [-0.25, -0.2) is 0 Å². The van der Waals surface area contributed by atoms with Crippen LogP contribution in [-0.2, 0) is 0 Å². The maximum atomic E-state index is 11.8. The number of fused-ring (bicyclic) bond motifs is 3. The minimum absolute atomic E-state index is 0.00293. The fourth-order valence-electron chi connectivity index (χ4n) is 3.02. The van der Waals surface area contributed by atoms with Crippen LogP contribution < -0.4 is 5.32 Å². The summed E-state index contributed by atoms with van der Waals surface area (Å²) in [6.45, 7) is 1.97. The van der Waals surface area contributed by atoms with E-state index in [2.05, 4.69) is 11.4 Å². The molecular formula is C13H12N2O. The van der Waals surface area contributed by atoms with Gasteiger partial charge in [-0.3, -0.25) is 4.79 Å². The highest BCUT2D eigenvalue weighted by atomic mass is 16.1. The lowest BCUT2D eigenvalue weighted by Gasteiger charge is -2.52. The van der Waals surface area contributed by atoms with Crippen LogP contribution >= 0.6 is 0 Å². The highest BCUT2D eigenvalue weighted by molar-refractivity contribution is 5.97.